The third-order valence-electron chi connectivity index (χ3n) is 3.69. The van der Waals surface area contributed by atoms with E-state index in [2.05, 4.69) is 4.99 Å². The van der Waals surface area contributed by atoms with Gasteiger partial charge in [-0.25, -0.2) is 22.6 Å². The first kappa shape index (κ1) is 15.3. The van der Waals surface area contributed by atoms with Gasteiger partial charge in [-0.3, -0.25) is 13.9 Å². The number of aromatic nitrogens is 2. The highest BCUT2D eigenvalue weighted by atomic mass is 32.2. The van der Waals surface area contributed by atoms with Crippen LogP contribution in [-0.4, -0.2) is 22.9 Å². The van der Waals surface area contributed by atoms with Crippen molar-refractivity contribution in [3.05, 3.63) is 61.6 Å². The molecule has 0 spiro atoms. The number of benzene rings is 1. The van der Waals surface area contributed by atoms with E-state index in [1.54, 1.807) is 0 Å². The van der Waals surface area contributed by atoms with Gasteiger partial charge >= 0.3 is 5.69 Å². The zero-order valence-electron chi connectivity index (χ0n) is 12.2. The Morgan fingerprint density at radius 1 is 1.09 bits per heavy atom. The Morgan fingerprint density at radius 2 is 1.70 bits per heavy atom. The molecule has 0 saturated heterocycles. The lowest BCUT2D eigenvalue weighted by Gasteiger charge is -2.07. The van der Waals surface area contributed by atoms with Gasteiger partial charge in [0.2, 0.25) is 9.84 Å². The minimum atomic E-state index is -3.93. The van der Waals surface area contributed by atoms with Gasteiger partial charge in [0.25, 0.3) is 5.56 Å². The van der Waals surface area contributed by atoms with Crippen LogP contribution in [0.15, 0.2) is 43.7 Å². The number of sulfone groups is 1. The molecule has 1 aliphatic rings. The van der Waals surface area contributed by atoms with Crippen LogP contribution >= 0.6 is 0 Å². The summed E-state index contributed by atoms with van der Waals surface area (Å²) in [4.78, 5) is 27.9. The molecule has 0 N–H and O–H groups in total. The average molecular weight is 337 g/mol. The first-order valence-electron chi connectivity index (χ1n) is 6.58. The summed E-state index contributed by atoms with van der Waals surface area (Å²) >= 11 is 0. The Bertz CT molecular complexity index is 1140. The quantitative estimate of drug-likeness (QED) is 0.620. The number of nitrogens with zero attached hydrogens (tertiary/aromatic N) is 3. The van der Waals surface area contributed by atoms with Crippen LogP contribution in [0.25, 0.3) is 6.08 Å². The molecule has 1 aliphatic heterocycles. The summed E-state index contributed by atoms with van der Waals surface area (Å²) in [5, 5.41) is -1.27. The van der Waals surface area contributed by atoms with Crippen LogP contribution < -0.4 is 22.0 Å². The fraction of sp³-hybridized carbons (Fsp3) is 0.214. The molecular formula is C14H12FN3O4S. The fourth-order valence-electron chi connectivity index (χ4n) is 2.38. The van der Waals surface area contributed by atoms with E-state index in [0.29, 0.717) is 0 Å². The predicted molar refractivity (Wildman–Crippen MR) is 79.5 cm³/mol. The SMILES string of the molecule is Cn1c(=O)c2c(n(C)c1=O)=N[C@H](S(=O)(=O)c1ccc(F)cc1)C=2. The van der Waals surface area contributed by atoms with Crippen molar-refractivity contribution in [1.29, 1.82) is 0 Å². The normalized spacial score (nSPS) is 16.6. The molecule has 1 atom stereocenters. The van der Waals surface area contributed by atoms with Crippen molar-refractivity contribution < 1.29 is 12.8 Å². The maximum absolute atomic E-state index is 13.0. The van der Waals surface area contributed by atoms with Gasteiger partial charge in [0.05, 0.1) is 10.1 Å². The number of hydrogen-bond acceptors (Lipinski definition) is 5. The first-order chi connectivity index (χ1) is 10.7. The third kappa shape index (κ3) is 2.24. The lowest BCUT2D eigenvalue weighted by atomic mass is 10.4. The topological polar surface area (TPSA) is 90.5 Å². The molecule has 1 aromatic carbocycles. The van der Waals surface area contributed by atoms with E-state index in [4.69, 9.17) is 0 Å². The highest BCUT2D eigenvalue weighted by molar-refractivity contribution is 7.92. The molecule has 2 aromatic rings. The zero-order valence-corrected chi connectivity index (χ0v) is 13.0. The van der Waals surface area contributed by atoms with Gasteiger partial charge in [-0.15, -0.1) is 0 Å². The van der Waals surface area contributed by atoms with E-state index in [9.17, 15) is 22.4 Å². The standard InChI is InChI=1S/C14H12FN3O4S/c1-17-12-10(13(19)18(2)14(17)20)7-11(16-12)23(21,22)9-5-3-8(15)4-6-9/h3-7,11H,1-2H3/t11-/m1/s1. The maximum Gasteiger partial charge on any atom is 0.332 e. The average Bonchev–Trinajstić information content (AvgIpc) is 2.97. The summed E-state index contributed by atoms with van der Waals surface area (Å²) in [7, 11) is -1.22. The van der Waals surface area contributed by atoms with E-state index in [0.717, 1.165) is 33.4 Å². The first-order valence-corrected chi connectivity index (χ1v) is 8.13. The largest absolute Gasteiger partial charge is 0.332 e. The number of halogens is 1. The smallest absolute Gasteiger partial charge is 0.281 e. The van der Waals surface area contributed by atoms with Gasteiger partial charge in [0.1, 0.15) is 11.3 Å². The summed E-state index contributed by atoms with van der Waals surface area (Å²) in [5.41, 5.74) is -1.18. The molecule has 0 bridgehead atoms. The molecule has 23 heavy (non-hydrogen) atoms. The van der Waals surface area contributed by atoms with Crippen molar-refractivity contribution in [2.45, 2.75) is 10.3 Å². The van der Waals surface area contributed by atoms with E-state index in [1.807, 2.05) is 0 Å². The molecule has 3 rings (SSSR count). The molecule has 120 valence electrons. The van der Waals surface area contributed by atoms with Gasteiger partial charge in [-0.05, 0) is 30.3 Å². The van der Waals surface area contributed by atoms with Crippen LogP contribution in [0.1, 0.15) is 0 Å². The molecule has 0 amide bonds. The Balaban J connectivity index is 2.25. The van der Waals surface area contributed by atoms with E-state index in [1.165, 1.54) is 20.2 Å². The van der Waals surface area contributed by atoms with Crippen molar-refractivity contribution in [2.75, 3.05) is 0 Å². The van der Waals surface area contributed by atoms with Gasteiger partial charge in [-0.1, -0.05) is 0 Å². The molecule has 7 nitrogen and oxygen atoms in total. The van der Waals surface area contributed by atoms with Crippen LogP contribution in [0.2, 0.25) is 0 Å². The van der Waals surface area contributed by atoms with Crippen LogP contribution in [0.5, 0.6) is 0 Å². The predicted octanol–water partition coefficient (Wildman–Crippen LogP) is -1.56. The summed E-state index contributed by atoms with van der Waals surface area (Å²) < 4.78 is 40.1. The van der Waals surface area contributed by atoms with E-state index >= 15 is 0 Å². The Kier molecular flexibility index (Phi) is 3.33. The second-order valence-corrected chi connectivity index (χ2v) is 7.17. The van der Waals surface area contributed by atoms with Crippen molar-refractivity contribution in [2.24, 2.45) is 19.1 Å². The monoisotopic (exact) mass is 337 g/mol. The molecule has 2 heterocycles. The van der Waals surface area contributed by atoms with Gasteiger partial charge < -0.3 is 0 Å². The highest BCUT2D eigenvalue weighted by Crippen LogP contribution is 2.18. The molecule has 0 fully saturated rings. The summed E-state index contributed by atoms with van der Waals surface area (Å²) in [5.74, 6) is -0.559. The summed E-state index contributed by atoms with van der Waals surface area (Å²) in [6.45, 7) is 0. The van der Waals surface area contributed by atoms with Crippen LogP contribution in [0.3, 0.4) is 0 Å². The second-order valence-electron chi connectivity index (χ2n) is 5.13. The van der Waals surface area contributed by atoms with Gasteiger partial charge in [0, 0.05) is 14.1 Å². The van der Waals surface area contributed by atoms with Gasteiger partial charge in [-0.2, -0.15) is 0 Å². The highest BCUT2D eigenvalue weighted by Gasteiger charge is 2.29. The van der Waals surface area contributed by atoms with Crippen LogP contribution in [-0.2, 0) is 23.9 Å². The van der Waals surface area contributed by atoms with Crippen LogP contribution in [0, 0.1) is 5.82 Å². The molecule has 1 aromatic heterocycles. The molecular weight excluding hydrogens is 325 g/mol. The second kappa shape index (κ2) is 4.98. The van der Waals surface area contributed by atoms with Crippen molar-refractivity contribution in [1.82, 2.24) is 9.13 Å². The van der Waals surface area contributed by atoms with E-state index in [-0.39, 0.29) is 15.6 Å². The molecule has 9 heteroatoms. The molecule has 0 aliphatic carbocycles. The maximum atomic E-state index is 13.0. The Morgan fingerprint density at radius 3 is 2.30 bits per heavy atom. The number of rotatable bonds is 2. The lowest BCUT2D eigenvalue weighted by molar-refractivity contribution is 0.588. The third-order valence-corrected chi connectivity index (χ3v) is 5.49. The molecule has 0 radical (unpaired) electrons. The van der Waals surface area contributed by atoms with Crippen molar-refractivity contribution in [3.63, 3.8) is 0 Å². The number of fused-ring (bicyclic) bond motifs is 1. The Labute approximate surface area is 129 Å². The minimum absolute atomic E-state index is 0.0220. The zero-order chi connectivity index (χ0) is 16.9. The molecule has 0 saturated carbocycles. The van der Waals surface area contributed by atoms with Crippen molar-refractivity contribution in [3.8, 4) is 0 Å². The Hall–Kier alpha value is -2.55. The summed E-state index contributed by atoms with van der Waals surface area (Å²) in [6, 6.07) is 4.33. The fourth-order valence-corrected chi connectivity index (χ4v) is 3.73. The minimum Gasteiger partial charge on any atom is -0.281 e. The summed E-state index contributed by atoms with van der Waals surface area (Å²) in [6.07, 6.45) is 1.20. The van der Waals surface area contributed by atoms with Gasteiger partial charge in [0.15, 0.2) is 5.37 Å². The van der Waals surface area contributed by atoms with Crippen molar-refractivity contribution >= 4 is 15.9 Å². The lowest BCUT2D eigenvalue weighted by Crippen LogP contribution is -2.55. The van der Waals surface area contributed by atoms with E-state index < -0.39 is 32.3 Å². The molecule has 0 unspecified atom stereocenters. The number of hydrogen-bond donors (Lipinski definition) is 0. The van der Waals surface area contributed by atoms with Crippen LogP contribution in [0.4, 0.5) is 4.39 Å².